The molecule has 0 spiro atoms. The van der Waals surface area contributed by atoms with Crippen LogP contribution in [0.25, 0.3) is 5.69 Å². The minimum Gasteiger partial charge on any atom is -0.383 e. The second kappa shape index (κ2) is 9.66. The van der Waals surface area contributed by atoms with Crippen LogP contribution >= 0.6 is 0 Å². The highest BCUT2D eigenvalue weighted by molar-refractivity contribution is 5.98. The Morgan fingerprint density at radius 1 is 1.17 bits per heavy atom. The van der Waals surface area contributed by atoms with Crippen molar-refractivity contribution in [1.29, 1.82) is 0 Å². The molecule has 9 nitrogen and oxygen atoms in total. The number of hydrogen-bond acceptors (Lipinski definition) is 6. The van der Waals surface area contributed by atoms with Crippen LogP contribution in [-0.2, 0) is 0 Å². The minimum atomic E-state index is -5.29. The van der Waals surface area contributed by atoms with Crippen LogP contribution in [0.2, 0.25) is 0 Å². The molecule has 0 bridgehead atoms. The van der Waals surface area contributed by atoms with Gasteiger partial charge in [-0.1, -0.05) is 0 Å². The Kier molecular flexibility index (Phi) is 7.05. The molecule has 0 saturated heterocycles. The van der Waals surface area contributed by atoms with Crippen molar-refractivity contribution in [1.82, 2.24) is 25.0 Å². The zero-order valence-electron chi connectivity index (χ0n) is 18.1. The molecule has 186 valence electrons. The smallest absolute Gasteiger partial charge is 0.383 e. The van der Waals surface area contributed by atoms with E-state index in [2.05, 4.69) is 10.1 Å². The van der Waals surface area contributed by atoms with Gasteiger partial charge in [0.05, 0.1) is 25.0 Å². The Morgan fingerprint density at radius 2 is 1.83 bits per heavy atom. The van der Waals surface area contributed by atoms with E-state index in [9.17, 15) is 36.6 Å². The van der Waals surface area contributed by atoms with Crippen LogP contribution in [0.3, 0.4) is 0 Å². The molecule has 2 amide bonds. The van der Waals surface area contributed by atoms with Gasteiger partial charge in [0.2, 0.25) is 0 Å². The van der Waals surface area contributed by atoms with E-state index in [-0.39, 0.29) is 17.1 Å². The van der Waals surface area contributed by atoms with E-state index in [4.69, 9.17) is 5.73 Å². The molecule has 0 fully saturated rings. The van der Waals surface area contributed by atoms with Crippen LogP contribution in [0.4, 0.5) is 27.8 Å². The SMILES string of the molecule is CN(CC(O)(CNC(=O)c1cnn(-c2ccc(F)cc2)c1N)C(F)(F)F)C(=O)c1ncccc1F. The number of aromatic nitrogens is 3. The number of nitrogen functional groups attached to an aromatic ring is 1. The molecule has 3 aromatic rings. The maximum Gasteiger partial charge on any atom is 0.420 e. The predicted octanol–water partition coefficient (Wildman–Crippen LogP) is 1.92. The molecule has 35 heavy (non-hydrogen) atoms. The first kappa shape index (κ1) is 25.6. The number of rotatable bonds is 7. The second-order valence-electron chi connectivity index (χ2n) is 7.54. The standard InChI is InChI=1S/C21H19F5N6O3/c1-31(19(34)16-15(23)3-2-8-28-16)11-20(35,21(24,25)26)10-29-18(33)14-9-30-32(17(14)27)13-6-4-12(22)5-7-13/h2-9,35H,10-11,27H2,1H3,(H,29,33). The number of amides is 2. The first-order valence-electron chi connectivity index (χ1n) is 9.87. The molecule has 1 aromatic carbocycles. The lowest BCUT2D eigenvalue weighted by atomic mass is 10.0. The monoisotopic (exact) mass is 498 g/mol. The van der Waals surface area contributed by atoms with Crippen LogP contribution in [-0.4, -0.2) is 68.5 Å². The van der Waals surface area contributed by atoms with E-state index in [1.165, 1.54) is 18.2 Å². The van der Waals surface area contributed by atoms with Crippen molar-refractivity contribution in [2.45, 2.75) is 11.8 Å². The van der Waals surface area contributed by atoms with Crippen molar-refractivity contribution in [3.8, 4) is 5.69 Å². The molecule has 0 saturated carbocycles. The number of nitrogens with one attached hydrogen (secondary N) is 1. The number of aliphatic hydroxyl groups is 1. The Morgan fingerprint density at radius 3 is 2.43 bits per heavy atom. The van der Waals surface area contributed by atoms with E-state index < -0.39 is 54.0 Å². The Hall–Kier alpha value is -4.07. The number of benzene rings is 1. The Labute approximate surface area is 195 Å². The van der Waals surface area contributed by atoms with Gasteiger partial charge in [0.15, 0.2) is 17.1 Å². The fraction of sp³-hybridized carbons (Fsp3) is 0.238. The predicted molar refractivity (Wildman–Crippen MR) is 112 cm³/mol. The number of carbonyl (C=O) groups excluding carboxylic acids is 2. The van der Waals surface area contributed by atoms with Gasteiger partial charge in [-0.15, -0.1) is 0 Å². The van der Waals surface area contributed by atoms with E-state index in [0.29, 0.717) is 4.90 Å². The highest BCUT2D eigenvalue weighted by atomic mass is 19.4. The number of likely N-dealkylation sites (N-methyl/N-ethyl adjacent to an activating group) is 1. The number of hydrogen-bond donors (Lipinski definition) is 3. The quantitative estimate of drug-likeness (QED) is 0.428. The molecule has 4 N–H and O–H groups in total. The van der Waals surface area contributed by atoms with Crippen LogP contribution in [0, 0.1) is 11.6 Å². The molecule has 0 aliphatic heterocycles. The number of nitrogens with zero attached hydrogens (tertiary/aromatic N) is 4. The van der Waals surface area contributed by atoms with Gasteiger partial charge < -0.3 is 21.1 Å². The van der Waals surface area contributed by atoms with Gasteiger partial charge in [0, 0.05) is 13.2 Å². The fourth-order valence-corrected chi connectivity index (χ4v) is 3.08. The lowest BCUT2D eigenvalue weighted by Gasteiger charge is -2.34. The summed E-state index contributed by atoms with van der Waals surface area (Å²) < 4.78 is 69.1. The van der Waals surface area contributed by atoms with Gasteiger partial charge in [-0.2, -0.15) is 18.3 Å². The average Bonchev–Trinajstić information content (AvgIpc) is 3.18. The van der Waals surface area contributed by atoms with Crippen LogP contribution < -0.4 is 11.1 Å². The first-order valence-corrected chi connectivity index (χ1v) is 9.87. The number of pyridine rings is 1. The lowest BCUT2D eigenvalue weighted by molar-refractivity contribution is -0.259. The third-order valence-corrected chi connectivity index (χ3v) is 5.00. The van der Waals surface area contributed by atoms with Crippen molar-refractivity contribution < 1.29 is 36.6 Å². The third-order valence-electron chi connectivity index (χ3n) is 5.00. The number of halogens is 5. The van der Waals surface area contributed by atoms with Crippen molar-refractivity contribution in [3.05, 3.63) is 71.7 Å². The molecule has 0 radical (unpaired) electrons. The highest BCUT2D eigenvalue weighted by Gasteiger charge is 2.55. The largest absolute Gasteiger partial charge is 0.420 e. The lowest BCUT2D eigenvalue weighted by Crippen LogP contribution is -2.60. The normalized spacial score (nSPS) is 13.2. The number of anilines is 1. The number of nitrogens with two attached hydrogens (primary N) is 1. The van der Waals surface area contributed by atoms with Crippen molar-refractivity contribution in [2.24, 2.45) is 0 Å². The van der Waals surface area contributed by atoms with Gasteiger partial charge in [-0.3, -0.25) is 9.59 Å². The van der Waals surface area contributed by atoms with E-state index in [1.54, 1.807) is 0 Å². The van der Waals surface area contributed by atoms with Crippen LogP contribution in [0.15, 0.2) is 48.8 Å². The minimum absolute atomic E-state index is 0.248. The van der Waals surface area contributed by atoms with Gasteiger partial charge in [0.25, 0.3) is 11.8 Å². The summed E-state index contributed by atoms with van der Waals surface area (Å²) >= 11 is 0. The van der Waals surface area contributed by atoms with Crippen LogP contribution in [0.5, 0.6) is 0 Å². The van der Waals surface area contributed by atoms with Crippen LogP contribution in [0.1, 0.15) is 20.8 Å². The molecule has 0 aliphatic carbocycles. The maximum absolute atomic E-state index is 13.8. The van der Waals surface area contributed by atoms with Crippen molar-refractivity contribution in [2.75, 3.05) is 25.9 Å². The zero-order valence-corrected chi connectivity index (χ0v) is 18.1. The third kappa shape index (κ3) is 5.37. The second-order valence-corrected chi connectivity index (χ2v) is 7.54. The topological polar surface area (TPSA) is 126 Å². The summed E-state index contributed by atoms with van der Waals surface area (Å²) in [5.74, 6) is -4.13. The van der Waals surface area contributed by atoms with Crippen molar-refractivity contribution in [3.63, 3.8) is 0 Å². The molecule has 1 unspecified atom stereocenters. The average molecular weight is 498 g/mol. The number of carbonyl (C=O) groups is 2. The zero-order chi connectivity index (χ0) is 26.0. The molecule has 2 aromatic heterocycles. The Bertz CT molecular complexity index is 1230. The molecule has 0 aliphatic rings. The summed E-state index contributed by atoms with van der Waals surface area (Å²) in [4.78, 5) is 28.8. The van der Waals surface area contributed by atoms with Gasteiger partial charge in [-0.25, -0.2) is 18.4 Å². The highest BCUT2D eigenvalue weighted by Crippen LogP contribution is 2.31. The summed E-state index contributed by atoms with van der Waals surface area (Å²) in [6.45, 7) is -2.70. The van der Waals surface area contributed by atoms with Gasteiger partial charge >= 0.3 is 6.18 Å². The van der Waals surface area contributed by atoms with E-state index >= 15 is 0 Å². The summed E-state index contributed by atoms with van der Waals surface area (Å²) in [6, 6.07) is 6.97. The summed E-state index contributed by atoms with van der Waals surface area (Å²) in [5.41, 5.74) is 1.52. The van der Waals surface area contributed by atoms with Gasteiger partial charge in [0.1, 0.15) is 17.2 Å². The summed E-state index contributed by atoms with van der Waals surface area (Å²) in [5, 5.41) is 16.1. The summed E-state index contributed by atoms with van der Waals surface area (Å²) in [7, 11) is 0.916. The molecule has 14 heteroatoms. The fourth-order valence-electron chi connectivity index (χ4n) is 3.08. The molecular formula is C21H19F5N6O3. The van der Waals surface area contributed by atoms with Gasteiger partial charge in [-0.05, 0) is 36.4 Å². The first-order chi connectivity index (χ1) is 16.3. The molecular weight excluding hydrogens is 479 g/mol. The molecule has 2 heterocycles. The van der Waals surface area contributed by atoms with Crippen molar-refractivity contribution >= 4 is 17.6 Å². The Balaban J connectivity index is 1.76. The number of alkyl halides is 3. The maximum atomic E-state index is 13.8. The summed E-state index contributed by atoms with van der Waals surface area (Å²) in [6.07, 6.45) is -3.22. The molecule has 3 rings (SSSR count). The molecule has 1 atom stereocenters. The van der Waals surface area contributed by atoms with E-state index in [0.717, 1.165) is 42.3 Å². The van der Waals surface area contributed by atoms with E-state index in [1.807, 2.05) is 5.32 Å².